The Morgan fingerprint density at radius 3 is 2.67 bits per heavy atom. The molecule has 0 atom stereocenters. The molecule has 1 saturated heterocycles. The van der Waals surface area contributed by atoms with Crippen LogP contribution >= 0.6 is 0 Å². The van der Waals surface area contributed by atoms with Crippen LogP contribution in [0.3, 0.4) is 0 Å². The lowest BCUT2D eigenvalue weighted by Gasteiger charge is -2.21. The first kappa shape index (κ1) is 18.0. The predicted octanol–water partition coefficient (Wildman–Crippen LogP) is 3.31. The van der Waals surface area contributed by atoms with Gasteiger partial charge in [-0.05, 0) is 37.8 Å². The number of ether oxygens (including phenoxy) is 1. The number of fused-ring (bicyclic) bond motifs is 1. The van der Waals surface area contributed by atoms with Gasteiger partial charge < -0.3 is 15.0 Å². The fraction of sp³-hybridized carbons (Fsp3) is 0.571. The highest BCUT2D eigenvalue weighted by Gasteiger charge is 2.21. The van der Waals surface area contributed by atoms with Gasteiger partial charge in [0.2, 0.25) is 17.7 Å². The highest BCUT2D eigenvalue weighted by molar-refractivity contribution is 5.84. The summed E-state index contributed by atoms with van der Waals surface area (Å²) < 4.78 is 5.96. The minimum absolute atomic E-state index is 0.170. The van der Waals surface area contributed by atoms with Crippen LogP contribution in [0.15, 0.2) is 24.3 Å². The van der Waals surface area contributed by atoms with E-state index in [1.54, 1.807) is 0 Å². The van der Waals surface area contributed by atoms with Crippen LogP contribution in [-0.2, 0) is 4.79 Å². The van der Waals surface area contributed by atoms with Crippen molar-refractivity contribution in [3.63, 3.8) is 0 Å². The van der Waals surface area contributed by atoms with Crippen molar-refractivity contribution < 1.29 is 9.53 Å². The third kappa shape index (κ3) is 4.31. The van der Waals surface area contributed by atoms with Crippen LogP contribution in [-0.4, -0.2) is 42.1 Å². The minimum Gasteiger partial charge on any atom is -0.475 e. The van der Waals surface area contributed by atoms with Gasteiger partial charge in [-0.3, -0.25) is 4.79 Å². The van der Waals surface area contributed by atoms with Gasteiger partial charge in [0.25, 0.3) is 0 Å². The summed E-state index contributed by atoms with van der Waals surface area (Å²) in [6.07, 6.45) is 7.98. The van der Waals surface area contributed by atoms with E-state index in [1.165, 1.54) is 32.1 Å². The molecule has 1 saturated carbocycles. The lowest BCUT2D eigenvalue weighted by atomic mass is 9.89. The third-order valence-corrected chi connectivity index (χ3v) is 5.56. The van der Waals surface area contributed by atoms with Crippen molar-refractivity contribution >= 4 is 22.8 Å². The molecule has 1 aromatic carbocycles. The molecule has 2 aliphatic rings. The van der Waals surface area contributed by atoms with Crippen LogP contribution in [0.1, 0.15) is 44.9 Å². The Balaban J connectivity index is 1.39. The first-order valence-corrected chi connectivity index (χ1v) is 10.2. The van der Waals surface area contributed by atoms with Crippen LogP contribution in [0.25, 0.3) is 10.9 Å². The summed E-state index contributed by atoms with van der Waals surface area (Å²) in [7, 11) is 0. The lowest BCUT2D eigenvalue weighted by molar-refractivity contribution is -0.126. The number of nitrogens with zero attached hydrogens (tertiary/aromatic N) is 3. The van der Waals surface area contributed by atoms with Gasteiger partial charge in [0.05, 0.1) is 17.4 Å². The molecule has 6 heteroatoms. The van der Waals surface area contributed by atoms with E-state index >= 15 is 0 Å². The number of hydrogen-bond donors (Lipinski definition) is 1. The first-order chi connectivity index (χ1) is 13.3. The van der Waals surface area contributed by atoms with Crippen molar-refractivity contribution in [3.8, 4) is 5.88 Å². The van der Waals surface area contributed by atoms with E-state index in [2.05, 4.69) is 15.2 Å². The smallest absolute Gasteiger partial charge is 0.229 e. The normalized spacial score (nSPS) is 18.0. The number of benzene rings is 1. The molecule has 1 N–H and O–H groups in total. The highest BCUT2D eigenvalue weighted by atomic mass is 16.5. The molecule has 0 unspecified atom stereocenters. The van der Waals surface area contributed by atoms with Crippen molar-refractivity contribution in [2.75, 3.05) is 31.1 Å². The second kappa shape index (κ2) is 8.55. The topological polar surface area (TPSA) is 67.3 Å². The molecule has 0 radical (unpaired) electrons. The van der Waals surface area contributed by atoms with Crippen LogP contribution < -0.4 is 15.0 Å². The quantitative estimate of drug-likeness (QED) is 0.793. The van der Waals surface area contributed by atoms with Crippen LogP contribution in [0, 0.1) is 5.92 Å². The van der Waals surface area contributed by atoms with Gasteiger partial charge >= 0.3 is 0 Å². The number of amides is 1. The molecule has 1 aromatic heterocycles. The van der Waals surface area contributed by atoms with Crippen LogP contribution in [0.5, 0.6) is 5.88 Å². The minimum atomic E-state index is 0.170. The molecule has 1 aliphatic carbocycles. The highest BCUT2D eigenvalue weighted by Crippen LogP contribution is 2.27. The Labute approximate surface area is 160 Å². The Bertz CT molecular complexity index is 783. The largest absolute Gasteiger partial charge is 0.475 e. The van der Waals surface area contributed by atoms with Gasteiger partial charge in [0, 0.05) is 19.0 Å². The average molecular weight is 368 g/mol. The van der Waals surface area contributed by atoms with Crippen LogP contribution in [0.2, 0.25) is 0 Å². The molecule has 0 bridgehead atoms. The van der Waals surface area contributed by atoms with Crippen molar-refractivity contribution in [3.05, 3.63) is 24.3 Å². The number of anilines is 1. The summed E-state index contributed by atoms with van der Waals surface area (Å²) in [5, 5.41) is 3.94. The molecule has 2 fully saturated rings. The monoisotopic (exact) mass is 368 g/mol. The number of hydrogen-bond acceptors (Lipinski definition) is 5. The van der Waals surface area contributed by atoms with E-state index in [4.69, 9.17) is 9.72 Å². The second-order valence-corrected chi connectivity index (χ2v) is 7.51. The molecule has 144 valence electrons. The van der Waals surface area contributed by atoms with Gasteiger partial charge in [0.1, 0.15) is 6.61 Å². The Hall–Kier alpha value is -2.37. The number of nitrogens with one attached hydrogen (secondary N) is 1. The number of carbonyl (C=O) groups is 1. The zero-order chi connectivity index (χ0) is 18.5. The van der Waals surface area contributed by atoms with E-state index in [0.717, 1.165) is 42.8 Å². The molecule has 2 heterocycles. The molecule has 0 spiro atoms. The first-order valence-electron chi connectivity index (χ1n) is 10.2. The maximum absolute atomic E-state index is 12.3. The molecule has 1 amide bonds. The molecule has 2 aromatic rings. The number of aromatic nitrogens is 2. The number of carbonyl (C=O) groups excluding carboxylic acids is 1. The summed E-state index contributed by atoms with van der Waals surface area (Å²) in [5.41, 5.74) is 0.899. The Kier molecular flexibility index (Phi) is 5.70. The zero-order valence-corrected chi connectivity index (χ0v) is 15.8. The van der Waals surface area contributed by atoms with Crippen LogP contribution in [0.4, 0.5) is 5.95 Å². The van der Waals surface area contributed by atoms with E-state index in [9.17, 15) is 4.79 Å². The second-order valence-electron chi connectivity index (χ2n) is 7.51. The summed E-state index contributed by atoms with van der Waals surface area (Å²) in [5.74, 6) is 1.70. The molecule has 27 heavy (non-hydrogen) atoms. The van der Waals surface area contributed by atoms with E-state index in [-0.39, 0.29) is 11.8 Å². The van der Waals surface area contributed by atoms with Gasteiger partial charge in [-0.25, -0.2) is 4.98 Å². The summed E-state index contributed by atoms with van der Waals surface area (Å²) in [6.45, 7) is 2.91. The SMILES string of the molecule is O=C(NCCOc1nc(N2CCCC2)nc2ccccc12)C1CCCCC1. The van der Waals surface area contributed by atoms with Crippen molar-refractivity contribution in [1.29, 1.82) is 0 Å². The van der Waals surface area contributed by atoms with Crippen molar-refractivity contribution in [1.82, 2.24) is 15.3 Å². The van der Waals surface area contributed by atoms with E-state index < -0.39 is 0 Å². The molecular weight excluding hydrogens is 340 g/mol. The zero-order valence-electron chi connectivity index (χ0n) is 15.8. The van der Waals surface area contributed by atoms with Gasteiger partial charge in [0.15, 0.2) is 0 Å². The fourth-order valence-corrected chi connectivity index (χ4v) is 4.04. The summed E-state index contributed by atoms with van der Waals surface area (Å²) in [4.78, 5) is 23.8. The van der Waals surface area contributed by atoms with Crippen molar-refractivity contribution in [2.45, 2.75) is 44.9 Å². The molecule has 6 nitrogen and oxygen atoms in total. The number of para-hydroxylation sites is 1. The molecule has 1 aliphatic heterocycles. The van der Waals surface area contributed by atoms with Crippen molar-refractivity contribution in [2.24, 2.45) is 5.92 Å². The summed E-state index contributed by atoms with van der Waals surface area (Å²) in [6, 6.07) is 7.93. The van der Waals surface area contributed by atoms with Gasteiger partial charge in [-0.2, -0.15) is 4.98 Å². The van der Waals surface area contributed by atoms with Gasteiger partial charge in [-0.1, -0.05) is 31.4 Å². The van der Waals surface area contributed by atoms with E-state index in [0.29, 0.717) is 19.0 Å². The Morgan fingerprint density at radius 1 is 1.07 bits per heavy atom. The standard InChI is InChI=1S/C21H28N4O2/c26-19(16-8-2-1-3-9-16)22-12-15-27-20-17-10-4-5-11-18(17)23-21(24-20)25-13-6-7-14-25/h4-5,10-11,16H,1-3,6-9,12-15H2,(H,22,26). The third-order valence-electron chi connectivity index (χ3n) is 5.56. The van der Waals surface area contributed by atoms with Gasteiger partial charge in [-0.15, -0.1) is 0 Å². The average Bonchev–Trinajstić information content (AvgIpc) is 3.26. The summed E-state index contributed by atoms with van der Waals surface area (Å²) >= 11 is 0. The molecular formula is C21H28N4O2. The molecule has 4 rings (SSSR count). The number of rotatable bonds is 6. The predicted molar refractivity (Wildman–Crippen MR) is 106 cm³/mol. The fourth-order valence-electron chi connectivity index (χ4n) is 4.04. The lowest BCUT2D eigenvalue weighted by Crippen LogP contribution is -2.34. The maximum atomic E-state index is 12.3. The maximum Gasteiger partial charge on any atom is 0.229 e. The van der Waals surface area contributed by atoms with E-state index in [1.807, 2.05) is 24.3 Å². The Morgan fingerprint density at radius 2 is 1.85 bits per heavy atom.